The number of nitrogens with zero attached hydrogens (tertiary/aromatic N) is 3. The second kappa shape index (κ2) is 8.43. The van der Waals surface area contributed by atoms with Crippen LogP contribution in [0.25, 0.3) is 10.2 Å². The van der Waals surface area contributed by atoms with Gasteiger partial charge < -0.3 is 10.2 Å². The molecule has 3 aromatic rings. The van der Waals surface area contributed by atoms with Crippen LogP contribution < -0.4 is 5.32 Å². The Balaban J connectivity index is 1.30. The van der Waals surface area contributed by atoms with Gasteiger partial charge >= 0.3 is 6.03 Å². The summed E-state index contributed by atoms with van der Waals surface area (Å²) in [6.45, 7) is 2.45. The average Bonchev–Trinajstić information content (AvgIpc) is 3.34. The monoisotopic (exact) mass is 482 g/mol. The van der Waals surface area contributed by atoms with Gasteiger partial charge in [0.25, 0.3) is 5.91 Å². The van der Waals surface area contributed by atoms with Crippen molar-refractivity contribution in [2.24, 2.45) is 0 Å². The molecule has 0 bridgehead atoms. The smallest absolute Gasteiger partial charge is 0.325 e. The maximum atomic E-state index is 13.2. The van der Waals surface area contributed by atoms with E-state index >= 15 is 0 Å². The normalized spacial score (nSPS) is 23.3. The maximum Gasteiger partial charge on any atom is 0.325 e. The molecule has 2 aliphatic rings. The average molecular weight is 483 g/mol. The number of hydrogen-bond donors (Lipinski definition) is 1. The molecule has 0 saturated carbocycles. The number of halogens is 1. The lowest BCUT2D eigenvalue weighted by atomic mass is 9.92. The van der Waals surface area contributed by atoms with Gasteiger partial charge in [-0.3, -0.25) is 14.5 Å². The second-order valence-electron chi connectivity index (χ2n) is 8.63. The number of urea groups is 1. The lowest BCUT2D eigenvalue weighted by molar-refractivity contribution is -0.139. The van der Waals surface area contributed by atoms with Crippen molar-refractivity contribution in [3.8, 4) is 0 Å². The first kappa shape index (κ1) is 21.9. The summed E-state index contributed by atoms with van der Waals surface area (Å²) < 4.78 is 1.13. The summed E-state index contributed by atoms with van der Waals surface area (Å²) in [6.07, 6.45) is 1.81. The number of rotatable bonds is 4. The number of piperidine rings is 1. The van der Waals surface area contributed by atoms with E-state index in [4.69, 9.17) is 16.6 Å². The Bertz CT molecular complexity index is 1230. The number of carbonyl (C=O) groups is 3. The van der Waals surface area contributed by atoms with Gasteiger partial charge in [-0.15, -0.1) is 11.3 Å². The topological polar surface area (TPSA) is 82.6 Å². The van der Waals surface area contributed by atoms with Crippen LogP contribution in [0.3, 0.4) is 0 Å². The Morgan fingerprint density at radius 3 is 2.76 bits per heavy atom. The number of amides is 4. The highest BCUT2D eigenvalue weighted by Crippen LogP contribution is 2.35. The highest BCUT2D eigenvalue weighted by molar-refractivity contribution is 7.18. The molecule has 2 fully saturated rings. The lowest BCUT2D eigenvalue weighted by Gasteiger charge is -2.32. The van der Waals surface area contributed by atoms with Crippen molar-refractivity contribution >= 4 is 51.0 Å². The molecular weight excluding hydrogens is 460 g/mol. The van der Waals surface area contributed by atoms with Crippen molar-refractivity contribution in [2.75, 3.05) is 19.6 Å². The van der Waals surface area contributed by atoms with Crippen molar-refractivity contribution < 1.29 is 14.4 Å². The number of thiazole rings is 1. The summed E-state index contributed by atoms with van der Waals surface area (Å²) in [4.78, 5) is 46.5. The number of imide groups is 1. The fraction of sp³-hybridized carbons (Fsp3) is 0.333. The minimum absolute atomic E-state index is 0.150. The van der Waals surface area contributed by atoms with Gasteiger partial charge in [0.15, 0.2) is 0 Å². The van der Waals surface area contributed by atoms with Crippen molar-refractivity contribution in [3.63, 3.8) is 0 Å². The molecule has 2 saturated heterocycles. The molecule has 2 aromatic carbocycles. The third kappa shape index (κ3) is 3.87. The minimum atomic E-state index is -1.30. The molecule has 4 amide bonds. The predicted octanol–water partition coefficient (Wildman–Crippen LogP) is 4.12. The predicted molar refractivity (Wildman–Crippen MR) is 127 cm³/mol. The number of benzene rings is 2. The molecule has 0 spiro atoms. The zero-order chi connectivity index (χ0) is 23.2. The van der Waals surface area contributed by atoms with Gasteiger partial charge in [-0.25, -0.2) is 9.78 Å². The van der Waals surface area contributed by atoms with E-state index in [1.807, 2.05) is 18.2 Å². The number of carbonyl (C=O) groups excluding carboxylic acids is 3. The highest BCUT2D eigenvalue weighted by Gasteiger charge is 2.50. The molecule has 5 rings (SSSR count). The molecule has 170 valence electrons. The fourth-order valence-corrected chi connectivity index (χ4v) is 6.01. The molecule has 7 nitrogen and oxygen atoms in total. The summed E-state index contributed by atoms with van der Waals surface area (Å²) in [5, 5.41) is 4.13. The first-order valence-corrected chi connectivity index (χ1v) is 12.1. The Kier molecular flexibility index (Phi) is 5.58. The van der Waals surface area contributed by atoms with Crippen LogP contribution in [-0.4, -0.2) is 52.3 Å². The Labute approximate surface area is 200 Å². The van der Waals surface area contributed by atoms with E-state index in [1.165, 1.54) is 0 Å². The number of aromatic nitrogens is 1. The number of nitrogens with one attached hydrogen (secondary N) is 1. The molecule has 2 atom stereocenters. The zero-order valence-electron chi connectivity index (χ0n) is 18.1. The standard InChI is InChI=1S/C24H23ClN4O3S/c1-24(16-8-2-3-9-17(16)25)22(31)29(23(32)27-24)14-20(30)28-12-6-7-15(13-28)21-26-18-10-4-5-11-19(18)33-21/h2-5,8-11,15H,6-7,12-14H2,1H3,(H,27,32)/t15-,24+/m1/s1. The van der Waals surface area contributed by atoms with Crippen LogP contribution in [0.4, 0.5) is 4.79 Å². The van der Waals surface area contributed by atoms with Crippen LogP contribution in [0.15, 0.2) is 48.5 Å². The van der Waals surface area contributed by atoms with E-state index in [-0.39, 0.29) is 18.4 Å². The van der Waals surface area contributed by atoms with Gasteiger partial charge in [-0.2, -0.15) is 0 Å². The largest absolute Gasteiger partial charge is 0.340 e. The number of hydrogen-bond acceptors (Lipinski definition) is 5. The Hall–Kier alpha value is -2.97. The van der Waals surface area contributed by atoms with Crippen LogP contribution in [-0.2, 0) is 15.1 Å². The van der Waals surface area contributed by atoms with Crippen molar-refractivity contribution in [3.05, 3.63) is 64.1 Å². The minimum Gasteiger partial charge on any atom is -0.340 e. The van der Waals surface area contributed by atoms with Crippen LogP contribution in [0, 0.1) is 0 Å². The van der Waals surface area contributed by atoms with Crippen molar-refractivity contribution in [1.82, 2.24) is 20.1 Å². The van der Waals surface area contributed by atoms with Crippen LogP contribution in [0.1, 0.15) is 36.3 Å². The number of fused-ring (bicyclic) bond motifs is 1. The SMILES string of the molecule is C[C@@]1(c2ccccc2Cl)NC(=O)N(CC(=O)N2CCC[C@@H](c3nc4ccccc4s3)C2)C1=O. The quantitative estimate of drug-likeness (QED) is 0.567. The third-order valence-electron chi connectivity index (χ3n) is 6.41. The molecular formula is C24H23ClN4O3S. The summed E-state index contributed by atoms with van der Waals surface area (Å²) in [6, 6.07) is 14.3. The summed E-state index contributed by atoms with van der Waals surface area (Å²) in [5.41, 5.74) is 0.175. The van der Waals surface area contributed by atoms with Gasteiger partial charge in [-0.1, -0.05) is 41.9 Å². The van der Waals surface area contributed by atoms with Crippen molar-refractivity contribution in [1.29, 1.82) is 0 Å². The van der Waals surface area contributed by atoms with Gasteiger partial charge in [-0.05, 0) is 38.0 Å². The molecule has 9 heteroatoms. The summed E-state index contributed by atoms with van der Waals surface area (Å²) in [5.74, 6) is -0.571. The molecule has 0 unspecified atom stereocenters. The maximum absolute atomic E-state index is 13.2. The van der Waals surface area contributed by atoms with Gasteiger partial charge in [0, 0.05) is 29.6 Å². The van der Waals surface area contributed by atoms with E-state index in [9.17, 15) is 14.4 Å². The Morgan fingerprint density at radius 1 is 1.21 bits per heavy atom. The molecule has 1 N–H and O–H groups in total. The number of para-hydroxylation sites is 1. The molecule has 0 radical (unpaired) electrons. The van der Waals surface area contributed by atoms with Gasteiger partial charge in [0.05, 0.1) is 15.2 Å². The lowest BCUT2D eigenvalue weighted by Crippen LogP contribution is -2.47. The van der Waals surface area contributed by atoms with Crippen LogP contribution >= 0.6 is 22.9 Å². The Morgan fingerprint density at radius 2 is 1.97 bits per heavy atom. The molecule has 2 aliphatic heterocycles. The first-order valence-electron chi connectivity index (χ1n) is 10.9. The molecule has 3 heterocycles. The molecule has 33 heavy (non-hydrogen) atoms. The summed E-state index contributed by atoms with van der Waals surface area (Å²) >= 11 is 7.94. The zero-order valence-corrected chi connectivity index (χ0v) is 19.7. The van der Waals surface area contributed by atoms with E-state index < -0.39 is 17.5 Å². The summed E-state index contributed by atoms with van der Waals surface area (Å²) in [7, 11) is 0. The second-order valence-corrected chi connectivity index (χ2v) is 10.1. The van der Waals surface area contributed by atoms with E-state index in [0.29, 0.717) is 23.7 Å². The number of likely N-dealkylation sites (tertiary alicyclic amines) is 1. The van der Waals surface area contributed by atoms with Crippen molar-refractivity contribution in [2.45, 2.75) is 31.2 Å². The van der Waals surface area contributed by atoms with E-state index in [1.54, 1.807) is 47.4 Å². The molecule has 1 aromatic heterocycles. The fourth-order valence-electron chi connectivity index (χ4n) is 4.59. The van der Waals surface area contributed by atoms with E-state index in [0.717, 1.165) is 33.0 Å². The third-order valence-corrected chi connectivity index (χ3v) is 7.94. The first-order chi connectivity index (χ1) is 15.9. The van der Waals surface area contributed by atoms with Gasteiger partial charge in [0.1, 0.15) is 12.1 Å². The van der Waals surface area contributed by atoms with Crippen LogP contribution in [0.2, 0.25) is 5.02 Å². The van der Waals surface area contributed by atoms with E-state index in [2.05, 4.69) is 11.4 Å². The van der Waals surface area contributed by atoms with Crippen LogP contribution in [0.5, 0.6) is 0 Å². The highest BCUT2D eigenvalue weighted by atomic mass is 35.5. The molecule has 0 aliphatic carbocycles. The van der Waals surface area contributed by atoms with Gasteiger partial charge in [0.2, 0.25) is 5.91 Å².